The second-order valence-corrected chi connectivity index (χ2v) is 2.50. The minimum absolute atomic E-state index is 0.241. The van der Waals surface area contributed by atoms with Gasteiger partial charge in [-0.15, -0.1) is 4.65 Å². The van der Waals surface area contributed by atoms with E-state index in [2.05, 4.69) is 6.58 Å². The summed E-state index contributed by atoms with van der Waals surface area (Å²) in [4.78, 5) is 15.5. The summed E-state index contributed by atoms with van der Waals surface area (Å²) in [5.41, 5.74) is 0. The van der Waals surface area contributed by atoms with Crippen LogP contribution in [0.15, 0.2) is 12.7 Å². The van der Waals surface area contributed by atoms with E-state index in [1.807, 2.05) is 6.92 Å². The highest BCUT2D eigenvalue weighted by atomic mass is 16.7. The topological polar surface area (TPSA) is 26.3 Å². The molecule has 0 aromatic rings. The van der Waals surface area contributed by atoms with Crippen molar-refractivity contribution in [1.82, 2.24) is 0 Å². The van der Waals surface area contributed by atoms with Gasteiger partial charge in [-0.25, -0.2) is 4.79 Å². The van der Waals surface area contributed by atoms with Crippen molar-refractivity contribution >= 4 is 5.97 Å². The number of carbonyl (C=O) groups excluding carboxylic acids is 1. The normalized spacial score (nSPS) is 10.7. The third kappa shape index (κ3) is 3.25. The maximum absolute atomic E-state index is 10.6. The Morgan fingerprint density at radius 1 is 1.70 bits per heavy atom. The van der Waals surface area contributed by atoms with Crippen LogP contribution in [0.1, 0.15) is 6.92 Å². The molecule has 0 amide bonds. The number of hydrogen-bond donors (Lipinski definition) is 0. The maximum atomic E-state index is 10.6. The molecule has 0 radical (unpaired) electrons. The van der Waals surface area contributed by atoms with Crippen LogP contribution in [0.4, 0.5) is 0 Å². The average molecular weight is 144 g/mol. The van der Waals surface area contributed by atoms with E-state index in [0.29, 0.717) is 0 Å². The molecule has 0 fully saturated rings. The predicted molar refractivity (Wildman–Crippen MR) is 38.9 cm³/mol. The molecule has 0 saturated carbocycles. The fourth-order valence-corrected chi connectivity index (χ4v) is 0.345. The van der Waals surface area contributed by atoms with Crippen LogP contribution in [-0.4, -0.2) is 31.3 Å². The Kier molecular flexibility index (Phi) is 3.09. The average Bonchev–Trinajstić information content (AvgIpc) is 1.87. The highest BCUT2D eigenvalue weighted by Gasteiger charge is 2.16. The molecule has 3 heteroatoms. The van der Waals surface area contributed by atoms with Crippen molar-refractivity contribution in [2.75, 3.05) is 20.6 Å². The molecule has 0 bridgehead atoms. The fourth-order valence-electron chi connectivity index (χ4n) is 0.345. The van der Waals surface area contributed by atoms with Gasteiger partial charge in [-0.2, -0.15) is 0 Å². The summed E-state index contributed by atoms with van der Waals surface area (Å²) < 4.78 is 0.241. The maximum Gasteiger partial charge on any atom is 0.389 e. The van der Waals surface area contributed by atoms with Gasteiger partial charge in [-0.1, -0.05) is 6.58 Å². The van der Waals surface area contributed by atoms with Crippen LogP contribution in [0.3, 0.4) is 0 Å². The molecule has 0 aromatic heterocycles. The molecular formula is C7H14NO2+. The van der Waals surface area contributed by atoms with Gasteiger partial charge >= 0.3 is 5.97 Å². The lowest BCUT2D eigenvalue weighted by Crippen LogP contribution is -2.40. The van der Waals surface area contributed by atoms with Crippen LogP contribution in [0, 0.1) is 0 Å². The van der Waals surface area contributed by atoms with Gasteiger partial charge in [0.05, 0.1) is 0 Å². The zero-order chi connectivity index (χ0) is 8.20. The summed E-state index contributed by atoms with van der Waals surface area (Å²) >= 11 is 0. The molecule has 3 nitrogen and oxygen atoms in total. The van der Waals surface area contributed by atoms with Crippen LogP contribution in [0.2, 0.25) is 0 Å². The monoisotopic (exact) mass is 144 g/mol. The Balaban J connectivity index is 3.87. The molecular weight excluding hydrogens is 130 g/mol. The van der Waals surface area contributed by atoms with Crippen molar-refractivity contribution in [3.63, 3.8) is 0 Å². The van der Waals surface area contributed by atoms with Gasteiger partial charge in [-0.3, -0.25) is 4.84 Å². The highest BCUT2D eigenvalue weighted by molar-refractivity contribution is 5.80. The summed E-state index contributed by atoms with van der Waals surface area (Å²) in [6.07, 6.45) is 1.16. The third-order valence-electron chi connectivity index (χ3n) is 1.27. The number of hydroxylamine groups is 3. The molecule has 0 aliphatic heterocycles. The van der Waals surface area contributed by atoms with Crippen LogP contribution in [0.25, 0.3) is 0 Å². The van der Waals surface area contributed by atoms with Crippen molar-refractivity contribution in [2.45, 2.75) is 6.92 Å². The van der Waals surface area contributed by atoms with E-state index in [1.165, 1.54) is 0 Å². The number of carbonyl (C=O) groups is 1. The lowest BCUT2D eigenvalue weighted by molar-refractivity contribution is -1.06. The second-order valence-electron chi connectivity index (χ2n) is 2.50. The van der Waals surface area contributed by atoms with Crippen molar-refractivity contribution in [3.05, 3.63) is 12.7 Å². The predicted octanol–water partition coefficient (Wildman–Crippen LogP) is 0.727. The molecule has 0 aromatic carbocycles. The quantitative estimate of drug-likeness (QED) is 0.331. The third-order valence-corrected chi connectivity index (χ3v) is 1.27. The first-order valence-electron chi connectivity index (χ1n) is 3.21. The van der Waals surface area contributed by atoms with E-state index in [4.69, 9.17) is 4.84 Å². The van der Waals surface area contributed by atoms with Gasteiger partial charge in [0.2, 0.25) is 0 Å². The minimum Gasteiger partial charge on any atom is -0.272 e. The van der Waals surface area contributed by atoms with Crippen molar-refractivity contribution < 1.29 is 14.3 Å². The first-order chi connectivity index (χ1) is 4.52. The molecule has 58 valence electrons. The standard InChI is InChI=1S/C7H14NO2/c1-5-7(9)10-8(3,4)6-2/h5H,1,6H2,2-4H3/q+1. The first-order valence-corrected chi connectivity index (χ1v) is 3.21. The van der Waals surface area contributed by atoms with Gasteiger partial charge in [-0.05, 0) is 6.92 Å². The molecule has 0 aliphatic carbocycles. The summed E-state index contributed by atoms with van der Waals surface area (Å²) in [5.74, 6) is -0.383. The van der Waals surface area contributed by atoms with E-state index >= 15 is 0 Å². The zero-order valence-electron chi connectivity index (χ0n) is 6.76. The Hall–Kier alpha value is -0.830. The molecule has 0 heterocycles. The smallest absolute Gasteiger partial charge is 0.272 e. The lowest BCUT2D eigenvalue weighted by atomic mass is 10.6. The Labute approximate surface area is 61.4 Å². The summed E-state index contributed by atoms with van der Waals surface area (Å²) in [5, 5.41) is 0. The van der Waals surface area contributed by atoms with E-state index in [-0.39, 0.29) is 10.6 Å². The van der Waals surface area contributed by atoms with Gasteiger partial charge in [0, 0.05) is 6.08 Å². The Bertz CT molecular complexity index is 141. The first kappa shape index (κ1) is 9.17. The number of hydrogen-bond acceptors (Lipinski definition) is 2. The number of rotatable bonds is 3. The van der Waals surface area contributed by atoms with Crippen molar-refractivity contribution in [1.29, 1.82) is 0 Å². The van der Waals surface area contributed by atoms with Gasteiger partial charge in [0.15, 0.2) is 0 Å². The molecule has 0 atom stereocenters. The van der Waals surface area contributed by atoms with Gasteiger partial charge in [0.25, 0.3) is 0 Å². The van der Waals surface area contributed by atoms with Gasteiger partial charge in [0.1, 0.15) is 20.6 Å². The lowest BCUT2D eigenvalue weighted by Gasteiger charge is -2.23. The molecule has 10 heavy (non-hydrogen) atoms. The number of nitrogens with zero attached hydrogens (tertiary/aromatic N) is 1. The van der Waals surface area contributed by atoms with E-state index < -0.39 is 0 Å². The van der Waals surface area contributed by atoms with Gasteiger partial charge < -0.3 is 0 Å². The largest absolute Gasteiger partial charge is 0.389 e. The van der Waals surface area contributed by atoms with E-state index in [1.54, 1.807) is 14.1 Å². The molecule has 0 N–H and O–H groups in total. The van der Waals surface area contributed by atoms with E-state index in [0.717, 1.165) is 12.6 Å². The molecule has 0 rings (SSSR count). The molecule has 0 aliphatic rings. The molecule has 0 saturated heterocycles. The Morgan fingerprint density at radius 2 is 2.20 bits per heavy atom. The van der Waals surface area contributed by atoms with Crippen LogP contribution >= 0.6 is 0 Å². The fraction of sp³-hybridized carbons (Fsp3) is 0.571. The zero-order valence-corrected chi connectivity index (χ0v) is 6.76. The van der Waals surface area contributed by atoms with Crippen molar-refractivity contribution in [2.24, 2.45) is 0 Å². The van der Waals surface area contributed by atoms with Crippen molar-refractivity contribution in [3.8, 4) is 0 Å². The SMILES string of the molecule is C=CC(=O)O[N+](C)(C)CC. The van der Waals surface area contributed by atoms with Crippen LogP contribution < -0.4 is 0 Å². The summed E-state index contributed by atoms with van der Waals surface area (Å²) in [6.45, 7) is 5.98. The Morgan fingerprint density at radius 3 is 2.50 bits per heavy atom. The molecule has 0 spiro atoms. The number of quaternary nitrogens is 1. The minimum atomic E-state index is -0.383. The van der Waals surface area contributed by atoms with Crippen LogP contribution in [0.5, 0.6) is 0 Å². The summed E-state index contributed by atoms with van der Waals surface area (Å²) in [6, 6.07) is 0. The van der Waals surface area contributed by atoms with E-state index in [9.17, 15) is 4.79 Å². The van der Waals surface area contributed by atoms with Crippen LogP contribution in [-0.2, 0) is 9.63 Å². The second kappa shape index (κ2) is 3.37. The summed E-state index contributed by atoms with van der Waals surface area (Å²) in [7, 11) is 3.61. The molecule has 0 unspecified atom stereocenters. The highest BCUT2D eigenvalue weighted by Crippen LogP contribution is 1.97.